The van der Waals surface area contributed by atoms with E-state index < -0.39 is 11.7 Å². The van der Waals surface area contributed by atoms with E-state index in [0.29, 0.717) is 10.9 Å². The summed E-state index contributed by atoms with van der Waals surface area (Å²) in [5.74, 6) is -0.0332. The van der Waals surface area contributed by atoms with Gasteiger partial charge in [0, 0.05) is 5.33 Å². The van der Waals surface area contributed by atoms with Gasteiger partial charge in [0.15, 0.2) is 0 Å². The molecule has 0 unspecified atom stereocenters. The van der Waals surface area contributed by atoms with E-state index in [9.17, 15) is 13.2 Å². The Kier molecular flexibility index (Phi) is 5.35. The van der Waals surface area contributed by atoms with Gasteiger partial charge in [0.25, 0.3) is 0 Å². The molecule has 0 spiro atoms. The maximum atomic E-state index is 13.1. The zero-order chi connectivity index (χ0) is 14.6. The highest BCUT2D eigenvalue weighted by Gasteiger charge is 2.35. The van der Waals surface area contributed by atoms with Gasteiger partial charge in [-0.3, -0.25) is 0 Å². The molecular formula is C15H18BrF3O. The summed E-state index contributed by atoms with van der Waals surface area (Å²) < 4.78 is 45.0. The first kappa shape index (κ1) is 15.7. The fraction of sp³-hybridized carbons (Fsp3) is 0.600. The van der Waals surface area contributed by atoms with Gasteiger partial charge in [-0.15, -0.1) is 0 Å². The zero-order valence-electron chi connectivity index (χ0n) is 11.2. The Morgan fingerprint density at radius 3 is 2.30 bits per heavy atom. The van der Waals surface area contributed by atoms with Gasteiger partial charge in [0.1, 0.15) is 5.75 Å². The lowest BCUT2D eigenvalue weighted by molar-refractivity contribution is -0.139. The Hall–Kier alpha value is -0.710. The van der Waals surface area contributed by atoms with E-state index in [1.54, 1.807) is 6.07 Å². The van der Waals surface area contributed by atoms with Crippen LogP contribution in [0, 0.1) is 0 Å². The van der Waals surface area contributed by atoms with Crippen LogP contribution in [0.1, 0.15) is 49.7 Å². The Labute approximate surface area is 125 Å². The van der Waals surface area contributed by atoms with Gasteiger partial charge in [-0.05, 0) is 43.4 Å². The van der Waals surface area contributed by atoms with Crippen molar-refractivity contribution in [3.63, 3.8) is 0 Å². The molecular weight excluding hydrogens is 333 g/mol. The van der Waals surface area contributed by atoms with Crippen LogP contribution in [0.2, 0.25) is 0 Å². The van der Waals surface area contributed by atoms with Crippen molar-refractivity contribution >= 4 is 15.9 Å². The molecule has 0 bridgehead atoms. The lowest BCUT2D eigenvalue weighted by atomic mass is 10.1. The summed E-state index contributed by atoms with van der Waals surface area (Å²) in [6.45, 7) is 0. The lowest BCUT2D eigenvalue weighted by Gasteiger charge is -2.21. The SMILES string of the molecule is FC(F)(F)c1cc(CBr)ccc1OC1CCCCCC1. The molecule has 1 aliphatic carbocycles. The highest BCUT2D eigenvalue weighted by atomic mass is 79.9. The maximum Gasteiger partial charge on any atom is 0.419 e. The molecule has 1 aromatic rings. The molecule has 1 nitrogen and oxygen atoms in total. The number of ether oxygens (including phenoxy) is 1. The molecule has 0 radical (unpaired) electrons. The minimum atomic E-state index is -4.38. The van der Waals surface area contributed by atoms with Gasteiger partial charge in [-0.1, -0.05) is 34.8 Å². The average molecular weight is 351 g/mol. The quantitative estimate of drug-likeness (QED) is 0.501. The van der Waals surface area contributed by atoms with Crippen LogP contribution in [0.25, 0.3) is 0 Å². The molecule has 1 aliphatic rings. The van der Waals surface area contributed by atoms with Crippen LogP contribution in [0.5, 0.6) is 5.75 Å². The van der Waals surface area contributed by atoms with E-state index in [2.05, 4.69) is 15.9 Å². The van der Waals surface area contributed by atoms with Crippen molar-refractivity contribution < 1.29 is 17.9 Å². The van der Waals surface area contributed by atoms with Gasteiger partial charge in [0.05, 0.1) is 11.7 Å². The summed E-state index contributed by atoms with van der Waals surface area (Å²) in [5.41, 5.74) is -0.0655. The molecule has 0 amide bonds. The molecule has 0 aliphatic heterocycles. The highest BCUT2D eigenvalue weighted by Crippen LogP contribution is 2.38. The van der Waals surface area contributed by atoms with Crippen LogP contribution in [0.3, 0.4) is 0 Å². The van der Waals surface area contributed by atoms with Crippen LogP contribution in [-0.2, 0) is 11.5 Å². The van der Waals surface area contributed by atoms with Crippen LogP contribution in [0.4, 0.5) is 13.2 Å². The molecule has 0 saturated heterocycles. The number of alkyl halides is 4. The van der Waals surface area contributed by atoms with Crippen LogP contribution < -0.4 is 4.74 Å². The van der Waals surface area contributed by atoms with E-state index >= 15 is 0 Å². The number of hydrogen-bond acceptors (Lipinski definition) is 1. The lowest BCUT2D eigenvalue weighted by Crippen LogP contribution is -2.18. The summed E-state index contributed by atoms with van der Waals surface area (Å²) in [6.07, 6.45) is 1.58. The van der Waals surface area contributed by atoms with Gasteiger partial charge in [-0.2, -0.15) is 13.2 Å². The van der Waals surface area contributed by atoms with Crippen molar-refractivity contribution in [1.82, 2.24) is 0 Å². The number of rotatable bonds is 3. The predicted molar refractivity (Wildman–Crippen MR) is 76.2 cm³/mol. The molecule has 0 heterocycles. The van der Waals surface area contributed by atoms with Crippen molar-refractivity contribution in [2.24, 2.45) is 0 Å². The third kappa shape index (κ3) is 4.14. The summed E-state index contributed by atoms with van der Waals surface area (Å²) in [5, 5.41) is 0.403. The van der Waals surface area contributed by atoms with E-state index in [4.69, 9.17) is 4.74 Å². The van der Waals surface area contributed by atoms with Gasteiger partial charge < -0.3 is 4.74 Å². The molecule has 1 fully saturated rings. The number of hydrogen-bond donors (Lipinski definition) is 0. The average Bonchev–Trinajstić information content (AvgIpc) is 2.66. The van der Waals surface area contributed by atoms with E-state index in [1.165, 1.54) is 12.1 Å². The normalized spacial score (nSPS) is 17.8. The summed E-state index contributed by atoms with van der Waals surface area (Å²) in [6, 6.07) is 4.29. The predicted octanol–water partition coefficient (Wildman–Crippen LogP) is 5.70. The third-order valence-electron chi connectivity index (χ3n) is 3.60. The summed E-state index contributed by atoms with van der Waals surface area (Å²) in [7, 11) is 0. The Morgan fingerprint density at radius 2 is 1.75 bits per heavy atom. The standard InChI is InChI=1S/C15H18BrF3O/c16-10-11-7-8-14(13(9-11)15(17,18)19)20-12-5-3-1-2-4-6-12/h7-9,12H,1-6,10H2. The topological polar surface area (TPSA) is 9.23 Å². The van der Waals surface area contributed by atoms with Crippen LogP contribution in [0.15, 0.2) is 18.2 Å². The largest absolute Gasteiger partial charge is 0.490 e. The van der Waals surface area contributed by atoms with Gasteiger partial charge >= 0.3 is 6.18 Å². The van der Waals surface area contributed by atoms with E-state index in [1.807, 2.05) is 0 Å². The monoisotopic (exact) mass is 350 g/mol. The second-order valence-electron chi connectivity index (χ2n) is 5.19. The number of benzene rings is 1. The Balaban J connectivity index is 2.21. The fourth-order valence-electron chi connectivity index (χ4n) is 2.52. The molecule has 0 atom stereocenters. The van der Waals surface area contributed by atoms with Crippen molar-refractivity contribution in [3.05, 3.63) is 29.3 Å². The minimum absolute atomic E-state index is 0.0332. The van der Waals surface area contributed by atoms with Crippen LogP contribution >= 0.6 is 15.9 Å². The molecule has 0 aromatic heterocycles. The first-order chi connectivity index (χ1) is 9.50. The van der Waals surface area contributed by atoms with Crippen molar-refractivity contribution in [2.45, 2.75) is 56.1 Å². The molecule has 2 rings (SSSR count). The third-order valence-corrected chi connectivity index (χ3v) is 4.25. The smallest absolute Gasteiger partial charge is 0.419 e. The van der Waals surface area contributed by atoms with Crippen molar-refractivity contribution in [1.29, 1.82) is 0 Å². The number of halogens is 4. The summed E-state index contributed by atoms with van der Waals surface area (Å²) >= 11 is 3.18. The fourth-order valence-corrected chi connectivity index (χ4v) is 2.87. The second kappa shape index (κ2) is 6.83. The Bertz CT molecular complexity index is 437. The molecule has 5 heteroatoms. The zero-order valence-corrected chi connectivity index (χ0v) is 12.8. The second-order valence-corrected chi connectivity index (χ2v) is 5.75. The van der Waals surface area contributed by atoms with E-state index in [-0.39, 0.29) is 11.9 Å². The first-order valence-electron chi connectivity index (χ1n) is 6.93. The summed E-state index contributed by atoms with van der Waals surface area (Å²) in [4.78, 5) is 0. The van der Waals surface area contributed by atoms with Crippen LogP contribution in [-0.4, -0.2) is 6.10 Å². The Morgan fingerprint density at radius 1 is 1.10 bits per heavy atom. The molecule has 1 aromatic carbocycles. The van der Waals surface area contributed by atoms with E-state index in [0.717, 1.165) is 38.5 Å². The van der Waals surface area contributed by atoms with Crippen molar-refractivity contribution in [2.75, 3.05) is 0 Å². The maximum absolute atomic E-state index is 13.1. The molecule has 1 saturated carbocycles. The first-order valence-corrected chi connectivity index (χ1v) is 8.05. The molecule has 0 N–H and O–H groups in total. The molecule has 112 valence electrons. The minimum Gasteiger partial charge on any atom is -0.490 e. The van der Waals surface area contributed by atoms with Gasteiger partial charge in [-0.25, -0.2) is 0 Å². The van der Waals surface area contributed by atoms with Crippen molar-refractivity contribution in [3.8, 4) is 5.75 Å². The molecule has 20 heavy (non-hydrogen) atoms. The van der Waals surface area contributed by atoms with Gasteiger partial charge in [0.2, 0.25) is 0 Å². The highest BCUT2D eigenvalue weighted by molar-refractivity contribution is 9.08.